The maximum Gasteiger partial charge on any atom is 0.127 e. The van der Waals surface area contributed by atoms with E-state index < -0.39 is 0 Å². The van der Waals surface area contributed by atoms with Gasteiger partial charge in [0.15, 0.2) is 0 Å². The number of benzene rings is 5. The Hall–Kier alpha value is -5.47. The summed E-state index contributed by atoms with van der Waals surface area (Å²) < 4.78 is 22.3. The summed E-state index contributed by atoms with van der Waals surface area (Å²) in [5, 5.41) is 9.17. The molecule has 0 saturated carbocycles. The summed E-state index contributed by atoms with van der Waals surface area (Å²) in [6.07, 6.45) is 8.22. The lowest BCUT2D eigenvalue weighted by Gasteiger charge is -2.40. The highest BCUT2D eigenvalue weighted by Crippen LogP contribution is 2.33. The van der Waals surface area contributed by atoms with Crippen LogP contribution in [0.15, 0.2) is 126 Å². The molecule has 0 radical (unpaired) electrons. The summed E-state index contributed by atoms with van der Waals surface area (Å²) in [4.78, 5) is 19.1. The highest BCUT2D eigenvalue weighted by atomic mass is 35.5. The Morgan fingerprint density at radius 3 is 2.00 bits per heavy atom. The van der Waals surface area contributed by atoms with E-state index in [-0.39, 0.29) is 6.04 Å². The van der Waals surface area contributed by atoms with Crippen LogP contribution in [0.5, 0.6) is 5.75 Å². The zero-order valence-electron chi connectivity index (χ0n) is 49.4. The number of piperazine rings is 1. The lowest BCUT2D eigenvalue weighted by molar-refractivity contribution is 0.00868. The SMILES string of the molecule is CCCCCN(CC)CCOCCOCCOCCN(N)/C=C(\N)CCCN(C)CCCN=C(N)c1ccccc1NCCN1CCN(C(c2ccc(Cl)cc2)c2ccc(Cl)cc2)CC1.COc1ccc2nc3cc(Cl)ccc3c(N)c2c1. The highest BCUT2D eigenvalue weighted by molar-refractivity contribution is 6.31. The molecule has 19 heteroatoms. The summed E-state index contributed by atoms with van der Waals surface area (Å²) >= 11 is 18.5. The van der Waals surface area contributed by atoms with Crippen molar-refractivity contribution < 1.29 is 18.9 Å². The molecule has 6 aromatic rings. The smallest absolute Gasteiger partial charge is 0.127 e. The van der Waals surface area contributed by atoms with E-state index in [1.165, 1.54) is 30.4 Å². The number of likely N-dealkylation sites (N-methyl/N-ethyl adjacent to an activating group) is 1. The lowest BCUT2D eigenvalue weighted by Crippen LogP contribution is -2.48. The van der Waals surface area contributed by atoms with Crippen LogP contribution in [0, 0.1) is 0 Å². The van der Waals surface area contributed by atoms with E-state index >= 15 is 0 Å². The third-order valence-electron chi connectivity index (χ3n) is 14.7. The molecule has 16 nitrogen and oxygen atoms in total. The maximum atomic E-state index is 6.55. The second kappa shape index (κ2) is 37.1. The summed E-state index contributed by atoms with van der Waals surface area (Å²) in [6.45, 7) is 19.8. The quantitative estimate of drug-likeness (QED) is 0.00629. The topological polar surface area (TPSA) is 194 Å². The minimum Gasteiger partial charge on any atom is -0.497 e. The molecule has 1 aliphatic rings. The molecule has 9 N–H and O–H groups in total. The highest BCUT2D eigenvalue weighted by Gasteiger charge is 2.26. The number of pyridine rings is 1. The van der Waals surface area contributed by atoms with Crippen molar-refractivity contribution in [3.8, 4) is 5.75 Å². The van der Waals surface area contributed by atoms with Crippen molar-refractivity contribution in [2.75, 3.05) is 150 Å². The number of nitrogens with one attached hydrogen (secondary N) is 1. The number of allylic oxidation sites excluding steroid dienone is 1. The number of ether oxygens (including phenoxy) is 4. The van der Waals surface area contributed by atoms with Crippen LogP contribution >= 0.6 is 34.8 Å². The number of hydrogen-bond acceptors (Lipinski definition) is 15. The number of anilines is 2. The minimum absolute atomic E-state index is 0.146. The minimum atomic E-state index is 0.146. The number of hydrazine groups is 1. The van der Waals surface area contributed by atoms with Gasteiger partial charge in [-0.2, -0.15) is 0 Å². The predicted molar refractivity (Wildman–Crippen MR) is 347 cm³/mol. The Kier molecular flexibility index (Phi) is 29.8. The third kappa shape index (κ3) is 23.1. The van der Waals surface area contributed by atoms with Gasteiger partial charge in [0.1, 0.15) is 11.6 Å². The molecule has 0 amide bonds. The van der Waals surface area contributed by atoms with Gasteiger partial charge in [-0.15, -0.1) is 0 Å². The molecular formula is C64H91Cl3N12O4. The van der Waals surface area contributed by atoms with E-state index in [1.54, 1.807) is 18.3 Å². The molecule has 2 heterocycles. The van der Waals surface area contributed by atoms with Crippen molar-refractivity contribution in [1.82, 2.24) is 29.6 Å². The van der Waals surface area contributed by atoms with Crippen molar-refractivity contribution in [3.63, 3.8) is 0 Å². The van der Waals surface area contributed by atoms with Crippen LogP contribution in [0.4, 0.5) is 11.4 Å². The van der Waals surface area contributed by atoms with Gasteiger partial charge in [0.05, 0.1) is 76.1 Å². The lowest BCUT2D eigenvalue weighted by atomic mass is 9.96. The van der Waals surface area contributed by atoms with Crippen LogP contribution in [-0.4, -0.2) is 174 Å². The van der Waals surface area contributed by atoms with Crippen molar-refractivity contribution in [2.24, 2.45) is 22.3 Å². The molecule has 0 spiro atoms. The molecule has 1 fully saturated rings. The molecule has 0 atom stereocenters. The molecule has 0 unspecified atom stereocenters. The fourth-order valence-electron chi connectivity index (χ4n) is 9.97. The van der Waals surface area contributed by atoms with E-state index in [4.69, 9.17) is 81.8 Å². The zero-order valence-corrected chi connectivity index (χ0v) is 51.7. The first kappa shape index (κ1) is 66.7. The molecule has 83 heavy (non-hydrogen) atoms. The molecule has 7 rings (SSSR count). The number of hydrogen-bond donors (Lipinski definition) is 5. The summed E-state index contributed by atoms with van der Waals surface area (Å²) in [7, 11) is 3.76. The van der Waals surface area contributed by atoms with Gasteiger partial charge in [0, 0.05) is 101 Å². The number of fused-ring (bicyclic) bond motifs is 2. The fraction of sp³-hybridized carbons (Fsp3) is 0.469. The van der Waals surface area contributed by atoms with Crippen LogP contribution in [0.25, 0.3) is 21.8 Å². The van der Waals surface area contributed by atoms with E-state index in [0.717, 1.165) is 152 Å². The molecule has 0 bridgehead atoms. The normalized spacial score (nSPS) is 13.6. The van der Waals surface area contributed by atoms with E-state index in [9.17, 15) is 0 Å². The molecule has 1 aromatic heterocycles. The predicted octanol–water partition coefficient (Wildman–Crippen LogP) is 10.8. The van der Waals surface area contributed by atoms with Crippen molar-refractivity contribution in [2.45, 2.75) is 58.4 Å². The molecule has 1 aliphatic heterocycles. The van der Waals surface area contributed by atoms with Gasteiger partial charge in [-0.25, -0.2) is 10.8 Å². The van der Waals surface area contributed by atoms with Crippen LogP contribution in [0.3, 0.4) is 0 Å². The first-order valence-corrected chi connectivity index (χ1v) is 30.5. The van der Waals surface area contributed by atoms with Crippen molar-refractivity contribution in [1.29, 1.82) is 0 Å². The number of aromatic nitrogens is 1. The fourth-order valence-corrected chi connectivity index (χ4v) is 10.4. The third-order valence-corrected chi connectivity index (χ3v) is 15.4. The van der Waals surface area contributed by atoms with Crippen molar-refractivity contribution >= 4 is 73.8 Å². The standard InChI is InChI=1S/C50H80Cl2N10O3.C14H11ClN2O/c1-4-6-9-27-59(5-2)33-35-63-37-39-65-40-38-64-36-34-62(55)41-46(53)12-10-25-58(3)26-11-23-57-50(54)47-13-7-8-14-48(47)56-24-28-60-29-31-61(32-30-60)49(42-15-19-44(51)20-16-42)43-17-21-45(52)22-18-43;1-18-9-3-5-12-11(7-9)14(16)10-4-2-8(15)6-13(10)17-12/h7-8,13-22,41,49,56H,4-6,9-12,23-40,53,55H2,1-3H3,(H2,54,57);2-7H,1H3,(H2,16,17)/b46-41-;. The summed E-state index contributed by atoms with van der Waals surface area (Å²) in [6, 6.07) is 35.9. The first-order valence-electron chi connectivity index (χ1n) is 29.4. The van der Waals surface area contributed by atoms with E-state index in [2.05, 4.69) is 81.1 Å². The largest absolute Gasteiger partial charge is 0.497 e. The van der Waals surface area contributed by atoms with Crippen LogP contribution < -0.4 is 33.1 Å². The monoisotopic (exact) mass is 1200 g/mol. The van der Waals surface area contributed by atoms with Gasteiger partial charge in [0.25, 0.3) is 0 Å². The second-order valence-corrected chi connectivity index (χ2v) is 22.2. The molecular weight excluding hydrogens is 1110 g/mol. The van der Waals surface area contributed by atoms with Gasteiger partial charge < -0.3 is 56.3 Å². The number of methoxy groups -OCH3 is 1. The number of para-hydroxylation sites is 1. The van der Waals surface area contributed by atoms with Gasteiger partial charge >= 0.3 is 0 Å². The number of nitrogens with two attached hydrogens (primary N) is 4. The Morgan fingerprint density at radius 2 is 1.34 bits per heavy atom. The molecule has 0 aliphatic carbocycles. The number of rotatable bonds is 35. The van der Waals surface area contributed by atoms with Crippen LogP contribution in [-0.2, 0) is 14.2 Å². The van der Waals surface area contributed by atoms with Crippen LogP contribution in [0.1, 0.15) is 75.1 Å². The van der Waals surface area contributed by atoms with E-state index in [0.29, 0.717) is 62.7 Å². The van der Waals surface area contributed by atoms with Gasteiger partial charge in [0.2, 0.25) is 0 Å². The van der Waals surface area contributed by atoms with E-state index in [1.807, 2.05) is 78.9 Å². The molecule has 452 valence electrons. The summed E-state index contributed by atoms with van der Waals surface area (Å²) in [5.74, 6) is 7.47. The number of nitrogens with zero attached hydrogens (tertiary/aromatic N) is 7. The Balaban J connectivity index is 0.000000514. The average molecular weight is 1200 g/mol. The Bertz CT molecular complexity index is 2830. The Labute approximate surface area is 508 Å². The number of aliphatic imine (C=N–C) groups is 1. The van der Waals surface area contributed by atoms with Crippen LogP contribution in [0.2, 0.25) is 15.1 Å². The maximum absolute atomic E-state index is 6.55. The number of nitrogen functional groups attached to an aromatic ring is 1. The molecule has 5 aromatic carbocycles. The first-order chi connectivity index (χ1) is 40.3. The average Bonchev–Trinajstić information content (AvgIpc) is 3.69. The second-order valence-electron chi connectivity index (χ2n) is 20.9. The number of unbranched alkanes of at least 4 members (excludes halogenated alkanes) is 2. The van der Waals surface area contributed by atoms with Crippen molar-refractivity contribution in [3.05, 3.63) is 153 Å². The van der Waals surface area contributed by atoms with Gasteiger partial charge in [-0.1, -0.05) is 97.9 Å². The summed E-state index contributed by atoms with van der Waals surface area (Å²) in [5.41, 5.74) is 26.5. The number of amidine groups is 1. The van der Waals surface area contributed by atoms with Gasteiger partial charge in [-0.3, -0.25) is 14.8 Å². The van der Waals surface area contributed by atoms with Gasteiger partial charge in [-0.05, 0) is 143 Å². The molecule has 1 saturated heterocycles. The Morgan fingerprint density at radius 1 is 0.699 bits per heavy atom. The zero-order chi connectivity index (χ0) is 59.2. The number of halogens is 3.